The Morgan fingerprint density at radius 2 is 2.26 bits per heavy atom. The van der Waals surface area contributed by atoms with Crippen molar-refractivity contribution in [1.82, 2.24) is 0 Å². The van der Waals surface area contributed by atoms with Gasteiger partial charge in [-0.25, -0.2) is 4.39 Å². The zero-order valence-electron chi connectivity index (χ0n) is 10.9. The quantitative estimate of drug-likeness (QED) is 0.301. The van der Waals surface area contributed by atoms with Gasteiger partial charge in [-0.1, -0.05) is 5.16 Å². The first-order chi connectivity index (χ1) is 8.99. The van der Waals surface area contributed by atoms with Crippen molar-refractivity contribution in [3.63, 3.8) is 0 Å². The number of nitrogens with zero attached hydrogens (tertiary/aromatic N) is 2. The highest BCUT2D eigenvalue weighted by molar-refractivity contribution is 6.02. The van der Waals surface area contributed by atoms with E-state index in [-0.39, 0.29) is 24.6 Å². The van der Waals surface area contributed by atoms with Crippen molar-refractivity contribution in [3.8, 4) is 0 Å². The van der Waals surface area contributed by atoms with Crippen LogP contribution in [0, 0.1) is 5.82 Å². The number of nitrogens with two attached hydrogens (primary N) is 1. The first-order valence-electron chi connectivity index (χ1n) is 5.65. The van der Waals surface area contributed by atoms with Crippen LogP contribution in [0.25, 0.3) is 0 Å². The first kappa shape index (κ1) is 15.2. The van der Waals surface area contributed by atoms with Crippen molar-refractivity contribution in [2.45, 2.75) is 6.10 Å². The van der Waals surface area contributed by atoms with E-state index in [4.69, 9.17) is 15.7 Å². The molecule has 1 rings (SSSR count). The maximum Gasteiger partial charge on any atom is 0.172 e. The minimum atomic E-state index is -0.694. The van der Waals surface area contributed by atoms with Crippen LogP contribution >= 0.6 is 0 Å². The Bertz CT molecular complexity index is 454. The Morgan fingerprint density at radius 1 is 1.58 bits per heavy atom. The topological polar surface area (TPSA) is 91.3 Å². The molecule has 0 bridgehead atoms. The van der Waals surface area contributed by atoms with Crippen molar-refractivity contribution < 1.29 is 19.4 Å². The number of aliphatic hydroxyl groups is 1. The lowest BCUT2D eigenvalue weighted by molar-refractivity contribution is 0.0695. The van der Waals surface area contributed by atoms with Gasteiger partial charge in [0.25, 0.3) is 0 Å². The summed E-state index contributed by atoms with van der Waals surface area (Å²) in [6.07, 6.45) is -0.694. The number of hydrogen-bond donors (Lipinski definition) is 3. The molecule has 0 aliphatic heterocycles. The van der Waals surface area contributed by atoms with Crippen LogP contribution in [-0.2, 0) is 4.74 Å². The summed E-state index contributed by atoms with van der Waals surface area (Å²) in [4.78, 5) is 1.68. The fourth-order valence-electron chi connectivity index (χ4n) is 1.76. The smallest absolute Gasteiger partial charge is 0.172 e. The largest absolute Gasteiger partial charge is 0.409 e. The predicted molar refractivity (Wildman–Crippen MR) is 70.1 cm³/mol. The number of likely N-dealkylation sites (N-methyl/N-ethyl adjacent to an activating group) is 1. The highest BCUT2D eigenvalue weighted by Gasteiger charge is 2.15. The summed E-state index contributed by atoms with van der Waals surface area (Å²) in [6, 6.07) is 3.94. The minimum Gasteiger partial charge on any atom is -0.409 e. The number of rotatable bonds is 6. The van der Waals surface area contributed by atoms with E-state index in [1.165, 1.54) is 25.3 Å². The summed E-state index contributed by atoms with van der Waals surface area (Å²) < 4.78 is 18.0. The molecule has 0 aromatic heterocycles. The number of halogens is 1. The third-order valence-corrected chi connectivity index (χ3v) is 2.60. The molecule has 4 N–H and O–H groups in total. The van der Waals surface area contributed by atoms with Gasteiger partial charge in [-0.05, 0) is 18.2 Å². The number of amidine groups is 1. The lowest BCUT2D eigenvalue weighted by atomic mass is 10.1. The third kappa shape index (κ3) is 4.08. The van der Waals surface area contributed by atoms with Crippen LogP contribution in [0.15, 0.2) is 23.4 Å². The van der Waals surface area contributed by atoms with Gasteiger partial charge in [0.05, 0.1) is 12.7 Å². The van der Waals surface area contributed by atoms with Crippen molar-refractivity contribution in [3.05, 3.63) is 29.6 Å². The van der Waals surface area contributed by atoms with E-state index in [1.54, 1.807) is 11.9 Å². The molecule has 0 aliphatic rings. The fraction of sp³-hybridized carbons (Fsp3) is 0.417. The van der Waals surface area contributed by atoms with Crippen LogP contribution in [0.4, 0.5) is 10.1 Å². The molecule has 1 aromatic rings. The maximum atomic E-state index is 13.2. The molecule has 0 heterocycles. The summed E-state index contributed by atoms with van der Waals surface area (Å²) in [7, 11) is 3.20. The lowest BCUT2D eigenvalue weighted by Crippen LogP contribution is -2.33. The number of methoxy groups -OCH3 is 1. The van der Waals surface area contributed by atoms with Gasteiger partial charge in [0, 0.05) is 32.0 Å². The van der Waals surface area contributed by atoms with Crippen molar-refractivity contribution >= 4 is 11.5 Å². The second-order valence-corrected chi connectivity index (χ2v) is 4.14. The van der Waals surface area contributed by atoms with Gasteiger partial charge in [-0.15, -0.1) is 0 Å². The second-order valence-electron chi connectivity index (χ2n) is 4.14. The van der Waals surface area contributed by atoms with Gasteiger partial charge < -0.3 is 25.7 Å². The number of benzene rings is 1. The van der Waals surface area contributed by atoms with E-state index < -0.39 is 11.9 Å². The molecular weight excluding hydrogens is 253 g/mol. The zero-order valence-corrected chi connectivity index (χ0v) is 10.9. The van der Waals surface area contributed by atoms with Gasteiger partial charge in [-0.2, -0.15) is 0 Å². The molecule has 1 unspecified atom stereocenters. The van der Waals surface area contributed by atoms with Crippen LogP contribution < -0.4 is 10.6 Å². The third-order valence-electron chi connectivity index (χ3n) is 2.60. The molecule has 7 heteroatoms. The van der Waals surface area contributed by atoms with Crippen molar-refractivity contribution in [1.29, 1.82) is 0 Å². The Kier molecular flexibility index (Phi) is 5.53. The predicted octanol–water partition coefficient (Wildman–Crippen LogP) is 0.364. The number of aliphatic hydroxyl groups excluding tert-OH is 1. The summed E-state index contributed by atoms with van der Waals surface area (Å²) >= 11 is 0. The Balaban J connectivity index is 2.99. The Labute approximate surface area is 110 Å². The number of ether oxygens (including phenoxy) is 1. The molecule has 1 atom stereocenters. The standard InChI is InChI=1S/C12H18FN3O3/c1-16(6-9(17)7-19-2)11-4-3-8(13)5-10(11)12(14)15-18/h3-5,9,17-18H,6-7H2,1-2H3,(H2,14,15). The second kappa shape index (κ2) is 6.91. The van der Waals surface area contributed by atoms with E-state index in [0.29, 0.717) is 5.69 Å². The molecule has 0 saturated heterocycles. The van der Waals surface area contributed by atoms with Crippen LogP contribution in [0.2, 0.25) is 0 Å². The molecule has 0 radical (unpaired) electrons. The average molecular weight is 271 g/mol. The van der Waals surface area contributed by atoms with Crippen LogP contribution in [0.1, 0.15) is 5.56 Å². The van der Waals surface area contributed by atoms with Crippen LogP contribution in [-0.4, -0.2) is 49.6 Å². The van der Waals surface area contributed by atoms with E-state index >= 15 is 0 Å². The molecule has 0 fully saturated rings. The van der Waals surface area contributed by atoms with E-state index in [2.05, 4.69) is 5.16 Å². The summed E-state index contributed by atoms with van der Waals surface area (Å²) in [5, 5.41) is 21.2. The molecule has 6 nitrogen and oxygen atoms in total. The molecule has 0 spiro atoms. The SMILES string of the molecule is COCC(O)CN(C)c1ccc(F)cc1C(N)=NO. The molecule has 1 aromatic carbocycles. The zero-order chi connectivity index (χ0) is 14.4. The van der Waals surface area contributed by atoms with Crippen LogP contribution in [0.3, 0.4) is 0 Å². The molecule has 0 amide bonds. The van der Waals surface area contributed by atoms with Crippen molar-refractivity contribution in [2.75, 3.05) is 32.2 Å². The number of hydrogen-bond acceptors (Lipinski definition) is 5. The van der Waals surface area contributed by atoms with Gasteiger partial charge in [0.1, 0.15) is 5.82 Å². The maximum absolute atomic E-state index is 13.2. The fourth-order valence-corrected chi connectivity index (χ4v) is 1.76. The lowest BCUT2D eigenvalue weighted by Gasteiger charge is -2.24. The summed E-state index contributed by atoms with van der Waals surface area (Å²) in [5.74, 6) is -0.682. The highest BCUT2D eigenvalue weighted by atomic mass is 19.1. The number of anilines is 1. The average Bonchev–Trinajstić information content (AvgIpc) is 2.37. The van der Waals surface area contributed by atoms with E-state index in [9.17, 15) is 9.50 Å². The van der Waals surface area contributed by atoms with Gasteiger partial charge >= 0.3 is 0 Å². The Morgan fingerprint density at radius 3 is 2.84 bits per heavy atom. The van der Waals surface area contributed by atoms with Gasteiger partial charge in [0.15, 0.2) is 5.84 Å². The van der Waals surface area contributed by atoms with Gasteiger partial charge in [-0.3, -0.25) is 0 Å². The molecule has 0 aliphatic carbocycles. The van der Waals surface area contributed by atoms with Crippen molar-refractivity contribution in [2.24, 2.45) is 10.9 Å². The summed E-state index contributed by atoms with van der Waals surface area (Å²) in [5.41, 5.74) is 6.32. The van der Waals surface area contributed by atoms with E-state index in [1.807, 2.05) is 0 Å². The van der Waals surface area contributed by atoms with E-state index in [0.717, 1.165) is 0 Å². The number of oxime groups is 1. The highest BCUT2D eigenvalue weighted by Crippen LogP contribution is 2.20. The Hall–Kier alpha value is -1.86. The van der Waals surface area contributed by atoms with Crippen LogP contribution in [0.5, 0.6) is 0 Å². The molecule has 106 valence electrons. The molecular formula is C12H18FN3O3. The molecule has 0 saturated carbocycles. The normalized spacial score (nSPS) is 13.4. The molecule has 19 heavy (non-hydrogen) atoms. The minimum absolute atomic E-state index is 0.185. The first-order valence-corrected chi connectivity index (χ1v) is 5.65. The summed E-state index contributed by atoms with van der Waals surface area (Å²) in [6.45, 7) is 0.454. The monoisotopic (exact) mass is 271 g/mol. The van der Waals surface area contributed by atoms with Gasteiger partial charge in [0.2, 0.25) is 0 Å².